The molecule has 4 heteroatoms. The van der Waals surface area contributed by atoms with Gasteiger partial charge in [0.25, 0.3) is 0 Å². The van der Waals surface area contributed by atoms with Crippen molar-refractivity contribution in [2.75, 3.05) is 0 Å². The summed E-state index contributed by atoms with van der Waals surface area (Å²) in [6.07, 6.45) is 6.08. The molecular weight excluding hydrogens is 296 g/mol. The predicted octanol–water partition coefficient (Wildman–Crippen LogP) is 3.76. The molecule has 4 rings (SSSR count). The molecule has 3 nitrogen and oxygen atoms in total. The van der Waals surface area contributed by atoms with Gasteiger partial charge in [0, 0.05) is 18.0 Å². The van der Waals surface area contributed by atoms with E-state index in [2.05, 4.69) is 35.3 Å². The van der Waals surface area contributed by atoms with Crippen molar-refractivity contribution in [1.29, 1.82) is 0 Å². The molecule has 0 bridgehead atoms. The van der Waals surface area contributed by atoms with E-state index in [0.29, 0.717) is 6.54 Å². The lowest BCUT2D eigenvalue weighted by Gasteiger charge is -2.05. The number of aromatic nitrogens is 2. The highest BCUT2D eigenvalue weighted by Crippen LogP contribution is 2.36. The third-order valence-corrected chi connectivity index (χ3v) is 4.00. The Balaban J connectivity index is 0.00000144. The van der Waals surface area contributed by atoms with Crippen molar-refractivity contribution < 1.29 is 4.79 Å². The number of carbonyl (C=O) groups excluding carboxylic acids is 1. The molecule has 0 saturated heterocycles. The largest absolute Gasteiger partial charge is 0.330 e. The van der Waals surface area contributed by atoms with Crippen LogP contribution in [0.15, 0.2) is 61.2 Å². The summed E-state index contributed by atoms with van der Waals surface area (Å²) in [6, 6.07) is 14.5. The fraction of sp³-hybridized carbons (Fsp3) is 0.111. The van der Waals surface area contributed by atoms with Gasteiger partial charge in [-0.25, -0.2) is 4.98 Å². The van der Waals surface area contributed by atoms with Gasteiger partial charge >= 0.3 is 0 Å². The van der Waals surface area contributed by atoms with Crippen molar-refractivity contribution in [3.05, 3.63) is 77.9 Å². The summed E-state index contributed by atoms with van der Waals surface area (Å²) >= 11 is 0. The second-order valence-electron chi connectivity index (χ2n) is 5.36. The molecule has 0 spiro atoms. The van der Waals surface area contributed by atoms with Crippen LogP contribution in [0.5, 0.6) is 0 Å². The van der Waals surface area contributed by atoms with Crippen LogP contribution >= 0.6 is 12.4 Å². The Morgan fingerprint density at radius 3 is 2.73 bits per heavy atom. The Labute approximate surface area is 135 Å². The Kier molecular flexibility index (Phi) is 3.82. The number of carbonyl (C=O) groups is 1. The van der Waals surface area contributed by atoms with Crippen LogP contribution < -0.4 is 0 Å². The highest BCUT2D eigenvalue weighted by molar-refractivity contribution is 5.97. The fourth-order valence-corrected chi connectivity index (χ4v) is 2.96. The minimum atomic E-state index is 0. The number of Topliss-reactive ketones (excluding diaryl/α,β-unsaturated/α-hetero) is 1. The SMILES string of the molecule is Cl.O=C(Cn1ccnc1)c1ccc2c(c1)Cc1ccccc1-2. The number of hydrogen-bond donors (Lipinski definition) is 0. The van der Waals surface area contributed by atoms with E-state index in [-0.39, 0.29) is 18.2 Å². The summed E-state index contributed by atoms with van der Waals surface area (Å²) in [4.78, 5) is 16.3. The fourth-order valence-electron chi connectivity index (χ4n) is 2.96. The highest BCUT2D eigenvalue weighted by atomic mass is 35.5. The number of benzene rings is 2. The Morgan fingerprint density at radius 2 is 1.91 bits per heavy atom. The van der Waals surface area contributed by atoms with Crippen molar-refractivity contribution in [3.63, 3.8) is 0 Å². The van der Waals surface area contributed by atoms with Crippen LogP contribution in [0.4, 0.5) is 0 Å². The lowest BCUT2D eigenvalue weighted by molar-refractivity contribution is 0.0972. The first kappa shape index (κ1) is 14.5. The number of nitrogens with zero attached hydrogens (tertiary/aromatic N) is 2. The van der Waals surface area contributed by atoms with Crippen LogP contribution in [0.3, 0.4) is 0 Å². The van der Waals surface area contributed by atoms with E-state index in [1.54, 1.807) is 23.3 Å². The smallest absolute Gasteiger partial charge is 0.182 e. The van der Waals surface area contributed by atoms with E-state index in [9.17, 15) is 4.79 Å². The summed E-state index contributed by atoms with van der Waals surface area (Å²) in [7, 11) is 0. The predicted molar refractivity (Wildman–Crippen MR) is 88.5 cm³/mol. The van der Waals surface area contributed by atoms with Gasteiger partial charge in [-0.15, -0.1) is 12.4 Å². The number of imidazole rings is 1. The van der Waals surface area contributed by atoms with E-state index >= 15 is 0 Å². The maximum Gasteiger partial charge on any atom is 0.182 e. The van der Waals surface area contributed by atoms with Gasteiger partial charge in [-0.2, -0.15) is 0 Å². The molecule has 1 aliphatic carbocycles. The van der Waals surface area contributed by atoms with Gasteiger partial charge < -0.3 is 4.57 Å². The van der Waals surface area contributed by atoms with Crippen molar-refractivity contribution in [3.8, 4) is 11.1 Å². The second-order valence-corrected chi connectivity index (χ2v) is 5.36. The topological polar surface area (TPSA) is 34.9 Å². The first-order chi connectivity index (χ1) is 10.3. The molecule has 0 saturated carbocycles. The first-order valence-electron chi connectivity index (χ1n) is 7.01. The van der Waals surface area contributed by atoms with Crippen molar-refractivity contribution in [1.82, 2.24) is 9.55 Å². The van der Waals surface area contributed by atoms with E-state index in [4.69, 9.17) is 0 Å². The van der Waals surface area contributed by atoms with Crippen LogP contribution in [-0.4, -0.2) is 15.3 Å². The van der Waals surface area contributed by atoms with Crippen LogP contribution in [0, 0.1) is 0 Å². The molecule has 2 aromatic carbocycles. The van der Waals surface area contributed by atoms with Gasteiger partial charge in [-0.05, 0) is 34.7 Å². The van der Waals surface area contributed by atoms with Crippen LogP contribution in [0.25, 0.3) is 11.1 Å². The molecule has 22 heavy (non-hydrogen) atoms. The zero-order chi connectivity index (χ0) is 14.2. The third kappa shape index (κ3) is 2.44. The summed E-state index contributed by atoms with van der Waals surface area (Å²) in [6.45, 7) is 0.339. The quantitative estimate of drug-likeness (QED) is 0.540. The normalized spacial score (nSPS) is 11.5. The molecule has 0 unspecified atom stereocenters. The molecule has 3 aromatic rings. The summed E-state index contributed by atoms with van der Waals surface area (Å²) in [5.41, 5.74) is 5.90. The molecule has 0 fully saturated rings. The minimum Gasteiger partial charge on any atom is -0.330 e. The number of fused-ring (bicyclic) bond motifs is 3. The monoisotopic (exact) mass is 310 g/mol. The van der Waals surface area contributed by atoms with Crippen LogP contribution in [0.2, 0.25) is 0 Å². The molecule has 0 atom stereocenters. The van der Waals surface area contributed by atoms with E-state index in [0.717, 1.165) is 12.0 Å². The number of halogens is 1. The number of rotatable bonds is 3. The lowest BCUT2D eigenvalue weighted by atomic mass is 10.0. The maximum atomic E-state index is 12.3. The molecule has 0 aliphatic heterocycles. The zero-order valence-electron chi connectivity index (χ0n) is 11.9. The van der Waals surface area contributed by atoms with E-state index in [1.807, 2.05) is 12.1 Å². The highest BCUT2D eigenvalue weighted by Gasteiger charge is 2.19. The van der Waals surface area contributed by atoms with Gasteiger partial charge in [-0.1, -0.05) is 36.4 Å². The standard InChI is InChI=1S/C18H14N2O.ClH/c21-18(11-20-8-7-19-12-20)14-5-6-17-15(10-14)9-13-3-1-2-4-16(13)17;/h1-8,10,12H,9,11H2;1H. The maximum absolute atomic E-state index is 12.3. The molecule has 1 aliphatic rings. The van der Waals surface area contributed by atoms with E-state index < -0.39 is 0 Å². The summed E-state index contributed by atoms with van der Waals surface area (Å²) in [5, 5.41) is 0. The van der Waals surface area contributed by atoms with Crippen molar-refractivity contribution >= 4 is 18.2 Å². The molecule has 0 radical (unpaired) electrons. The number of ketones is 1. The van der Waals surface area contributed by atoms with Crippen LogP contribution in [-0.2, 0) is 13.0 Å². The minimum absolute atomic E-state index is 0. The summed E-state index contributed by atoms with van der Waals surface area (Å²) < 4.78 is 1.80. The van der Waals surface area contributed by atoms with Gasteiger partial charge in [0.2, 0.25) is 0 Å². The van der Waals surface area contributed by atoms with Crippen molar-refractivity contribution in [2.45, 2.75) is 13.0 Å². The van der Waals surface area contributed by atoms with Gasteiger partial charge in [0.15, 0.2) is 5.78 Å². The lowest BCUT2D eigenvalue weighted by Crippen LogP contribution is -2.09. The van der Waals surface area contributed by atoms with E-state index in [1.165, 1.54) is 22.3 Å². The Morgan fingerprint density at radius 1 is 1.09 bits per heavy atom. The van der Waals surface area contributed by atoms with Crippen LogP contribution in [0.1, 0.15) is 21.5 Å². The molecule has 1 heterocycles. The van der Waals surface area contributed by atoms with Gasteiger partial charge in [-0.3, -0.25) is 4.79 Å². The molecule has 1 aromatic heterocycles. The van der Waals surface area contributed by atoms with Gasteiger partial charge in [0.1, 0.15) is 0 Å². The zero-order valence-corrected chi connectivity index (χ0v) is 12.7. The third-order valence-electron chi connectivity index (χ3n) is 4.00. The second kappa shape index (κ2) is 5.78. The molecule has 110 valence electrons. The average Bonchev–Trinajstić information content (AvgIpc) is 3.13. The first-order valence-corrected chi connectivity index (χ1v) is 7.01. The van der Waals surface area contributed by atoms with Gasteiger partial charge in [0.05, 0.1) is 12.9 Å². The molecule has 0 amide bonds. The average molecular weight is 311 g/mol. The number of hydrogen-bond acceptors (Lipinski definition) is 2. The molecular formula is C18H15ClN2O. The summed E-state index contributed by atoms with van der Waals surface area (Å²) in [5.74, 6) is 0.117. The van der Waals surface area contributed by atoms with Crippen molar-refractivity contribution in [2.24, 2.45) is 0 Å². The molecule has 0 N–H and O–H groups in total. The Hall–Kier alpha value is -2.39. The Bertz CT molecular complexity index is 825.